The maximum absolute atomic E-state index is 10.4. The Morgan fingerprint density at radius 3 is 2.72 bits per heavy atom. The van der Waals surface area contributed by atoms with Gasteiger partial charge in [-0.3, -0.25) is 0 Å². The van der Waals surface area contributed by atoms with E-state index in [1.165, 1.54) is 24.1 Å². The van der Waals surface area contributed by atoms with Crippen molar-refractivity contribution in [2.24, 2.45) is 0 Å². The topological polar surface area (TPSA) is 58.0 Å². The molecule has 0 atom stereocenters. The van der Waals surface area contributed by atoms with E-state index in [1.54, 1.807) is 6.33 Å². The van der Waals surface area contributed by atoms with Crippen molar-refractivity contribution in [1.82, 2.24) is 9.97 Å². The molecule has 0 aromatic carbocycles. The summed E-state index contributed by atoms with van der Waals surface area (Å²) in [6.07, 6.45) is 10.3. The summed E-state index contributed by atoms with van der Waals surface area (Å²) in [5, 5.41) is 13.7. The number of anilines is 1. The van der Waals surface area contributed by atoms with Crippen LogP contribution in [0.25, 0.3) is 0 Å². The Hall–Kier alpha value is -1.16. The van der Waals surface area contributed by atoms with Crippen LogP contribution >= 0.6 is 0 Å². The maximum Gasteiger partial charge on any atom is 0.132 e. The third-order valence-corrected chi connectivity index (χ3v) is 4.24. The van der Waals surface area contributed by atoms with Crippen LogP contribution in [-0.2, 0) is 12.8 Å². The molecule has 1 aromatic rings. The molecule has 2 aliphatic carbocycles. The summed E-state index contributed by atoms with van der Waals surface area (Å²) >= 11 is 0. The summed E-state index contributed by atoms with van der Waals surface area (Å²) in [5.41, 5.74) is 1.94. The second-order valence-corrected chi connectivity index (χ2v) is 5.64. The third kappa shape index (κ3) is 2.34. The van der Waals surface area contributed by atoms with Gasteiger partial charge in [0.25, 0.3) is 0 Å². The van der Waals surface area contributed by atoms with Crippen LogP contribution in [0.15, 0.2) is 6.33 Å². The molecule has 2 aliphatic rings. The number of hydrogen-bond donors (Lipinski definition) is 2. The summed E-state index contributed by atoms with van der Waals surface area (Å²) in [4.78, 5) is 8.71. The van der Waals surface area contributed by atoms with Gasteiger partial charge in [0.15, 0.2) is 0 Å². The largest absolute Gasteiger partial charge is 0.388 e. The van der Waals surface area contributed by atoms with Gasteiger partial charge in [-0.25, -0.2) is 9.97 Å². The van der Waals surface area contributed by atoms with Gasteiger partial charge in [-0.2, -0.15) is 0 Å². The molecule has 18 heavy (non-hydrogen) atoms. The number of nitrogens with zero attached hydrogens (tertiary/aromatic N) is 2. The fraction of sp³-hybridized carbons (Fsp3) is 0.714. The van der Waals surface area contributed by atoms with Crippen molar-refractivity contribution < 1.29 is 5.11 Å². The van der Waals surface area contributed by atoms with Crippen LogP contribution in [0.3, 0.4) is 0 Å². The number of aromatic nitrogens is 2. The zero-order valence-corrected chi connectivity index (χ0v) is 10.8. The lowest BCUT2D eigenvalue weighted by Gasteiger charge is -2.24. The first-order valence-electron chi connectivity index (χ1n) is 7.06. The van der Waals surface area contributed by atoms with Gasteiger partial charge in [0.2, 0.25) is 0 Å². The van der Waals surface area contributed by atoms with Gasteiger partial charge in [0.1, 0.15) is 12.1 Å². The monoisotopic (exact) mass is 247 g/mol. The average molecular weight is 247 g/mol. The van der Waals surface area contributed by atoms with Crippen LogP contribution in [0, 0.1) is 0 Å². The molecular formula is C14H21N3O. The van der Waals surface area contributed by atoms with Crippen LogP contribution < -0.4 is 5.32 Å². The third-order valence-electron chi connectivity index (χ3n) is 4.24. The molecule has 3 rings (SSSR count). The Bertz CT molecular complexity index is 427. The van der Waals surface area contributed by atoms with Crippen LogP contribution in [0.4, 0.5) is 5.82 Å². The highest BCUT2D eigenvalue weighted by molar-refractivity contribution is 5.47. The smallest absolute Gasteiger partial charge is 0.132 e. The van der Waals surface area contributed by atoms with Crippen molar-refractivity contribution >= 4 is 5.82 Å². The fourth-order valence-corrected chi connectivity index (χ4v) is 3.13. The Balaban J connectivity index is 1.72. The highest BCUT2D eigenvalue weighted by Crippen LogP contribution is 2.30. The van der Waals surface area contributed by atoms with E-state index in [9.17, 15) is 5.11 Å². The first-order valence-corrected chi connectivity index (χ1v) is 7.06. The molecule has 4 nitrogen and oxygen atoms in total. The highest BCUT2D eigenvalue weighted by Gasteiger charge is 2.31. The second-order valence-electron chi connectivity index (χ2n) is 5.64. The fourth-order valence-electron chi connectivity index (χ4n) is 3.13. The van der Waals surface area contributed by atoms with Crippen molar-refractivity contribution in [3.8, 4) is 0 Å². The average Bonchev–Trinajstić information content (AvgIpc) is 2.84. The van der Waals surface area contributed by atoms with Gasteiger partial charge in [-0.05, 0) is 38.5 Å². The molecule has 0 spiro atoms. The minimum atomic E-state index is -0.521. The summed E-state index contributed by atoms with van der Waals surface area (Å²) in [6, 6.07) is 0. The van der Waals surface area contributed by atoms with Crippen LogP contribution in [0.1, 0.15) is 49.8 Å². The molecule has 2 N–H and O–H groups in total. The van der Waals surface area contributed by atoms with Gasteiger partial charge >= 0.3 is 0 Å². The first kappa shape index (κ1) is 11.9. The molecule has 0 bridgehead atoms. The quantitative estimate of drug-likeness (QED) is 0.858. The molecule has 0 aliphatic heterocycles. The number of hydrogen-bond acceptors (Lipinski definition) is 4. The molecule has 1 saturated carbocycles. The van der Waals surface area contributed by atoms with E-state index in [0.29, 0.717) is 6.54 Å². The molecular weight excluding hydrogens is 226 g/mol. The van der Waals surface area contributed by atoms with E-state index in [1.807, 2.05) is 0 Å². The SMILES string of the molecule is OC1(CNc2ncnc3c2CCCC3)CCCC1. The molecule has 1 fully saturated rings. The number of rotatable bonds is 3. The normalized spacial score (nSPS) is 21.6. The van der Waals surface area contributed by atoms with E-state index in [0.717, 1.165) is 44.3 Å². The zero-order chi connectivity index (χ0) is 12.4. The molecule has 0 unspecified atom stereocenters. The number of fused-ring (bicyclic) bond motifs is 1. The predicted molar refractivity (Wildman–Crippen MR) is 70.6 cm³/mol. The zero-order valence-electron chi connectivity index (χ0n) is 10.8. The lowest BCUT2D eigenvalue weighted by atomic mass is 9.96. The van der Waals surface area contributed by atoms with Crippen LogP contribution in [-0.4, -0.2) is 27.2 Å². The van der Waals surface area contributed by atoms with Crippen molar-refractivity contribution in [1.29, 1.82) is 0 Å². The summed E-state index contributed by atoms with van der Waals surface area (Å²) in [7, 11) is 0. The number of nitrogens with one attached hydrogen (secondary N) is 1. The van der Waals surface area contributed by atoms with E-state index < -0.39 is 5.60 Å². The Morgan fingerprint density at radius 1 is 1.11 bits per heavy atom. The van der Waals surface area contributed by atoms with Gasteiger partial charge in [0.05, 0.1) is 5.60 Å². The maximum atomic E-state index is 10.4. The molecule has 98 valence electrons. The number of aliphatic hydroxyl groups is 1. The van der Waals surface area contributed by atoms with Crippen molar-refractivity contribution in [2.75, 3.05) is 11.9 Å². The van der Waals surface area contributed by atoms with E-state index >= 15 is 0 Å². The van der Waals surface area contributed by atoms with Gasteiger partial charge in [-0.15, -0.1) is 0 Å². The molecule has 0 radical (unpaired) electrons. The Morgan fingerprint density at radius 2 is 1.89 bits per heavy atom. The van der Waals surface area contributed by atoms with E-state index in [-0.39, 0.29) is 0 Å². The summed E-state index contributed by atoms with van der Waals surface area (Å²) in [6.45, 7) is 0.621. The second kappa shape index (κ2) is 4.84. The molecule has 1 aromatic heterocycles. The molecule has 0 saturated heterocycles. The molecule has 1 heterocycles. The predicted octanol–water partition coefficient (Wildman–Crippen LogP) is 2.07. The highest BCUT2D eigenvalue weighted by atomic mass is 16.3. The van der Waals surface area contributed by atoms with Gasteiger partial charge < -0.3 is 10.4 Å². The Kier molecular flexibility index (Phi) is 3.20. The van der Waals surface area contributed by atoms with E-state index in [2.05, 4.69) is 15.3 Å². The van der Waals surface area contributed by atoms with Gasteiger partial charge in [0, 0.05) is 17.8 Å². The minimum Gasteiger partial charge on any atom is -0.388 e. The summed E-state index contributed by atoms with van der Waals surface area (Å²) in [5.74, 6) is 0.944. The number of aryl methyl sites for hydroxylation is 1. The first-order chi connectivity index (χ1) is 8.77. The lowest BCUT2D eigenvalue weighted by Crippen LogP contribution is -2.34. The van der Waals surface area contributed by atoms with Crippen molar-refractivity contribution in [2.45, 2.75) is 57.0 Å². The standard InChI is InChI=1S/C14H21N3O/c18-14(7-3-4-8-14)9-15-13-11-5-1-2-6-12(11)16-10-17-13/h10,18H,1-9H2,(H,15,16,17). The van der Waals surface area contributed by atoms with Crippen molar-refractivity contribution in [3.05, 3.63) is 17.6 Å². The lowest BCUT2D eigenvalue weighted by molar-refractivity contribution is 0.0613. The van der Waals surface area contributed by atoms with Crippen LogP contribution in [0.2, 0.25) is 0 Å². The Labute approximate surface area is 108 Å². The van der Waals surface area contributed by atoms with Crippen LogP contribution in [0.5, 0.6) is 0 Å². The summed E-state index contributed by atoms with van der Waals surface area (Å²) < 4.78 is 0. The molecule has 0 amide bonds. The van der Waals surface area contributed by atoms with Crippen molar-refractivity contribution in [3.63, 3.8) is 0 Å². The van der Waals surface area contributed by atoms with E-state index in [4.69, 9.17) is 0 Å². The molecule has 4 heteroatoms. The minimum absolute atomic E-state index is 0.521. The van der Waals surface area contributed by atoms with Gasteiger partial charge in [-0.1, -0.05) is 12.8 Å².